The van der Waals surface area contributed by atoms with Gasteiger partial charge in [-0.15, -0.1) is 0 Å². The van der Waals surface area contributed by atoms with Gasteiger partial charge in [0.25, 0.3) is 0 Å². The maximum atomic E-state index is 12.8. The number of rotatable bonds is 3. The third-order valence-electron chi connectivity index (χ3n) is 4.14. The molecule has 1 aliphatic rings. The summed E-state index contributed by atoms with van der Waals surface area (Å²) in [7, 11) is 3.37. The zero-order valence-corrected chi connectivity index (χ0v) is 17.5. The molecule has 0 saturated carbocycles. The van der Waals surface area contributed by atoms with Crippen molar-refractivity contribution < 1.29 is 23.9 Å². The van der Waals surface area contributed by atoms with E-state index in [-0.39, 0.29) is 23.3 Å². The summed E-state index contributed by atoms with van der Waals surface area (Å²) in [5.41, 5.74) is -1.07. The van der Waals surface area contributed by atoms with Gasteiger partial charge in [-0.3, -0.25) is 9.59 Å². The van der Waals surface area contributed by atoms with Crippen molar-refractivity contribution in [3.05, 3.63) is 11.6 Å². The molecule has 6 nitrogen and oxygen atoms in total. The van der Waals surface area contributed by atoms with E-state index in [0.717, 1.165) is 0 Å². The fourth-order valence-corrected chi connectivity index (χ4v) is 3.02. The van der Waals surface area contributed by atoms with Gasteiger partial charge in [-0.1, -0.05) is 13.0 Å². The molecule has 1 aliphatic carbocycles. The third kappa shape index (κ3) is 5.85. The molecule has 0 aromatic carbocycles. The Hall–Kier alpha value is -1.85. The van der Waals surface area contributed by atoms with Crippen molar-refractivity contribution in [3.8, 4) is 0 Å². The Balaban J connectivity index is 3.25. The monoisotopic (exact) mass is 367 g/mol. The third-order valence-corrected chi connectivity index (χ3v) is 4.14. The molecule has 0 aromatic heterocycles. The molecule has 0 heterocycles. The number of amides is 1. The topological polar surface area (TPSA) is 72.9 Å². The molecule has 0 aliphatic heterocycles. The molecule has 3 atom stereocenters. The molecular formula is C20H33NO5. The molecule has 0 radical (unpaired) electrons. The molecule has 0 bridgehead atoms. The van der Waals surface area contributed by atoms with Gasteiger partial charge in [0.05, 0.1) is 5.92 Å². The van der Waals surface area contributed by atoms with Gasteiger partial charge in [-0.2, -0.15) is 0 Å². The summed E-state index contributed by atoms with van der Waals surface area (Å²) in [6, 6.07) is 0. The first-order valence-electron chi connectivity index (χ1n) is 9.01. The van der Waals surface area contributed by atoms with E-state index in [1.165, 1.54) is 4.90 Å². The van der Waals surface area contributed by atoms with E-state index in [9.17, 15) is 14.4 Å². The molecule has 1 rings (SSSR count). The van der Waals surface area contributed by atoms with Crippen molar-refractivity contribution >= 4 is 17.8 Å². The standard InChI is InChI=1S/C20H33NO5/c1-12-13(16(22)21(8)9)10-11-14(17(23)25-19(2,3)4)15(12)18(24)26-20(5,6)7/h11-13,15H,10H2,1-9H3/t12-,13-,15+/m1/s1. The predicted octanol–water partition coefficient (Wildman–Crippen LogP) is 2.96. The van der Waals surface area contributed by atoms with Crippen LogP contribution in [0.2, 0.25) is 0 Å². The van der Waals surface area contributed by atoms with Crippen LogP contribution in [0.25, 0.3) is 0 Å². The summed E-state index contributed by atoms with van der Waals surface area (Å²) in [6.07, 6.45) is 2.06. The van der Waals surface area contributed by atoms with E-state index in [1.807, 2.05) is 6.92 Å². The number of hydrogen-bond acceptors (Lipinski definition) is 5. The second-order valence-corrected chi connectivity index (χ2v) is 9.11. The molecular weight excluding hydrogens is 334 g/mol. The van der Waals surface area contributed by atoms with Crippen LogP contribution >= 0.6 is 0 Å². The van der Waals surface area contributed by atoms with Crippen molar-refractivity contribution in [1.82, 2.24) is 4.90 Å². The van der Waals surface area contributed by atoms with Crippen LogP contribution < -0.4 is 0 Å². The average Bonchev–Trinajstić information content (AvgIpc) is 2.41. The lowest BCUT2D eigenvalue weighted by molar-refractivity contribution is -0.165. The molecule has 148 valence electrons. The van der Waals surface area contributed by atoms with E-state index < -0.39 is 29.1 Å². The fraction of sp³-hybridized carbons (Fsp3) is 0.750. The maximum absolute atomic E-state index is 12.8. The lowest BCUT2D eigenvalue weighted by Crippen LogP contribution is -2.44. The Labute approximate surface area is 156 Å². The number of carbonyl (C=O) groups is 3. The summed E-state index contributed by atoms with van der Waals surface area (Å²) < 4.78 is 11.0. The van der Waals surface area contributed by atoms with E-state index in [4.69, 9.17) is 9.47 Å². The van der Waals surface area contributed by atoms with Crippen molar-refractivity contribution in [1.29, 1.82) is 0 Å². The fourth-order valence-electron chi connectivity index (χ4n) is 3.02. The van der Waals surface area contributed by atoms with Crippen LogP contribution in [0.4, 0.5) is 0 Å². The smallest absolute Gasteiger partial charge is 0.335 e. The summed E-state index contributed by atoms with van der Waals surface area (Å²) >= 11 is 0. The molecule has 0 aromatic rings. The van der Waals surface area contributed by atoms with Gasteiger partial charge in [-0.25, -0.2) is 4.79 Å². The number of hydrogen-bond donors (Lipinski definition) is 0. The first kappa shape index (κ1) is 22.2. The Morgan fingerprint density at radius 2 is 1.50 bits per heavy atom. The lowest BCUT2D eigenvalue weighted by atomic mass is 9.72. The van der Waals surface area contributed by atoms with E-state index in [2.05, 4.69) is 0 Å². The molecule has 6 heteroatoms. The number of allylic oxidation sites excluding steroid dienone is 1. The number of esters is 2. The van der Waals surface area contributed by atoms with Gasteiger partial charge in [0.2, 0.25) is 5.91 Å². The van der Waals surface area contributed by atoms with Crippen LogP contribution in [0, 0.1) is 17.8 Å². The summed E-state index contributed by atoms with van der Waals surface area (Å²) in [5, 5.41) is 0. The Morgan fingerprint density at radius 3 is 1.92 bits per heavy atom. The van der Waals surface area contributed by atoms with Crippen molar-refractivity contribution in [2.75, 3.05) is 14.1 Å². The van der Waals surface area contributed by atoms with Gasteiger partial charge in [0, 0.05) is 25.6 Å². The van der Waals surface area contributed by atoms with Crippen LogP contribution in [0.15, 0.2) is 11.6 Å². The maximum Gasteiger partial charge on any atom is 0.335 e. The summed E-state index contributed by atoms with van der Waals surface area (Å²) in [6.45, 7) is 12.5. The van der Waals surface area contributed by atoms with Crippen LogP contribution in [-0.4, -0.2) is 48.0 Å². The zero-order chi connectivity index (χ0) is 20.4. The number of carbonyl (C=O) groups excluding carboxylic acids is 3. The summed E-state index contributed by atoms with van der Waals surface area (Å²) in [4.78, 5) is 39.5. The van der Waals surface area contributed by atoms with Crippen LogP contribution in [-0.2, 0) is 23.9 Å². The quantitative estimate of drug-likeness (QED) is 0.717. The largest absolute Gasteiger partial charge is 0.459 e. The highest BCUT2D eigenvalue weighted by molar-refractivity contribution is 5.97. The Morgan fingerprint density at radius 1 is 1.00 bits per heavy atom. The van der Waals surface area contributed by atoms with E-state index in [0.29, 0.717) is 6.42 Å². The van der Waals surface area contributed by atoms with Gasteiger partial charge in [0.1, 0.15) is 11.2 Å². The van der Waals surface area contributed by atoms with Gasteiger partial charge in [0.15, 0.2) is 0 Å². The second-order valence-electron chi connectivity index (χ2n) is 9.11. The normalized spacial score (nSPS) is 23.7. The highest BCUT2D eigenvalue weighted by Crippen LogP contribution is 2.38. The molecule has 0 N–H and O–H groups in total. The lowest BCUT2D eigenvalue weighted by Gasteiger charge is -2.36. The van der Waals surface area contributed by atoms with E-state index >= 15 is 0 Å². The molecule has 1 amide bonds. The highest BCUT2D eigenvalue weighted by Gasteiger charge is 2.45. The molecule has 0 fully saturated rings. The van der Waals surface area contributed by atoms with Gasteiger partial charge in [-0.05, 0) is 53.9 Å². The number of ether oxygens (including phenoxy) is 2. The Bertz CT molecular complexity index is 592. The van der Waals surface area contributed by atoms with E-state index in [1.54, 1.807) is 61.7 Å². The van der Waals surface area contributed by atoms with Crippen molar-refractivity contribution in [3.63, 3.8) is 0 Å². The molecule has 0 saturated heterocycles. The first-order chi connectivity index (χ1) is 11.6. The Kier molecular flexibility index (Phi) is 6.66. The summed E-state index contributed by atoms with van der Waals surface area (Å²) in [5.74, 6) is -2.67. The van der Waals surface area contributed by atoms with Gasteiger partial charge >= 0.3 is 11.9 Å². The number of nitrogens with zero attached hydrogens (tertiary/aromatic N) is 1. The first-order valence-corrected chi connectivity index (χ1v) is 9.01. The average molecular weight is 367 g/mol. The zero-order valence-electron chi connectivity index (χ0n) is 17.5. The minimum Gasteiger partial charge on any atom is -0.459 e. The SMILES string of the molecule is C[C@H]1[C@H](C(=O)OC(C)(C)C)C(C(=O)OC(C)(C)C)=CC[C@H]1C(=O)N(C)C. The molecule has 0 spiro atoms. The minimum atomic E-state index is -0.827. The molecule has 0 unspecified atom stereocenters. The predicted molar refractivity (Wildman–Crippen MR) is 99.2 cm³/mol. The van der Waals surface area contributed by atoms with Crippen molar-refractivity contribution in [2.45, 2.75) is 66.1 Å². The van der Waals surface area contributed by atoms with Gasteiger partial charge < -0.3 is 14.4 Å². The second kappa shape index (κ2) is 7.80. The molecule has 26 heavy (non-hydrogen) atoms. The highest BCUT2D eigenvalue weighted by atomic mass is 16.6. The van der Waals surface area contributed by atoms with Crippen LogP contribution in [0.1, 0.15) is 54.9 Å². The minimum absolute atomic E-state index is 0.0643. The van der Waals surface area contributed by atoms with Crippen LogP contribution in [0.5, 0.6) is 0 Å². The van der Waals surface area contributed by atoms with Crippen molar-refractivity contribution in [2.24, 2.45) is 17.8 Å². The van der Waals surface area contributed by atoms with Crippen LogP contribution in [0.3, 0.4) is 0 Å².